The Balaban J connectivity index is 3.74. The van der Waals surface area contributed by atoms with Crippen LogP contribution in [0, 0.1) is 0 Å². The Hall–Kier alpha value is -1.65. The molecular formula is C20H32O4. The molecule has 0 radical (unpaired) electrons. The SMILES string of the molecule is CCCCCC=CCC=CCC=CC=C[C@H](CCCC(=O)O)OO. The largest absolute Gasteiger partial charge is 0.481 e. The van der Waals surface area contributed by atoms with E-state index in [9.17, 15) is 4.79 Å². The Bertz CT molecular complexity index is 408. The van der Waals surface area contributed by atoms with Crippen molar-refractivity contribution < 1.29 is 20.0 Å². The molecule has 0 aromatic heterocycles. The monoisotopic (exact) mass is 336 g/mol. The number of hydrogen-bond acceptors (Lipinski definition) is 3. The maximum absolute atomic E-state index is 10.4. The van der Waals surface area contributed by atoms with Gasteiger partial charge in [-0.2, -0.15) is 0 Å². The maximum Gasteiger partial charge on any atom is 0.303 e. The van der Waals surface area contributed by atoms with E-state index in [0.717, 1.165) is 12.8 Å². The van der Waals surface area contributed by atoms with Gasteiger partial charge in [-0.15, -0.1) is 0 Å². The Kier molecular flexibility index (Phi) is 16.5. The lowest BCUT2D eigenvalue weighted by Gasteiger charge is -2.06. The zero-order valence-electron chi connectivity index (χ0n) is 14.8. The second kappa shape index (κ2) is 17.7. The highest BCUT2D eigenvalue weighted by Gasteiger charge is 2.05. The van der Waals surface area contributed by atoms with Gasteiger partial charge in [-0.3, -0.25) is 10.1 Å². The van der Waals surface area contributed by atoms with Crippen molar-refractivity contribution in [1.82, 2.24) is 0 Å². The third kappa shape index (κ3) is 16.7. The highest BCUT2D eigenvalue weighted by molar-refractivity contribution is 5.66. The first kappa shape index (κ1) is 22.4. The molecule has 0 fully saturated rings. The first-order chi connectivity index (χ1) is 11.7. The van der Waals surface area contributed by atoms with Gasteiger partial charge in [0, 0.05) is 6.42 Å². The summed E-state index contributed by atoms with van der Waals surface area (Å²) in [6.07, 6.45) is 23.6. The van der Waals surface area contributed by atoms with Crippen LogP contribution in [-0.4, -0.2) is 22.4 Å². The van der Waals surface area contributed by atoms with E-state index < -0.39 is 12.1 Å². The zero-order chi connectivity index (χ0) is 17.9. The number of carboxylic acid groups (broad SMARTS) is 1. The molecule has 4 nitrogen and oxygen atoms in total. The predicted molar refractivity (Wildman–Crippen MR) is 98.9 cm³/mol. The molecule has 0 amide bonds. The van der Waals surface area contributed by atoms with Crippen LogP contribution in [0.15, 0.2) is 48.6 Å². The van der Waals surface area contributed by atoms with E-state index in [2.05, 4.69) is 36.1 Å². The van der Waals surface area contributed by atoms with Crippen LogP contribution in [0.25, 0.3) is 0 Å². The molecule has 0 saturated heterocycles. The van der Waals surface area contributed by atoms with Crippen molar-refractivity contribution in [3.63, 3.8) is 0 Å². The molecule has 0 saturated carbocycles. The summed E-state index contributed by atoms with van der Waals surface area (Å²) < 4.78 is 0. The molecule has 0 spiro atoms. The summed E-state index contributed by atoms with van der Waals surface area (Å²) in [5, 5.41) is 17.3. The Morgan fingerprint density at radius 2 is 1.71 bits per heavy atom. The highest BCUT2D eigenvalue weighted by Crippen LogP contribution is 2.06. The Labute approximate surface area is 146 Å². The van der Waals surface area contributed by atoms with Crippen LogP contribution in [0.3, 0.4) is 0 Å². The lowest BCUT2D eigenvalue weighted by atomic mass is 10.1. The van der Waals surface area contributed by atoms with Crippen molar-refractivity contribution in [2.24, 2.45) is 0 Å². The highest BCUT2D eigenvalue weighted by atomic mass is 17.1. The summed E-state index contributed by atoms with van der Waals surface area (Å²) in [5.74, 6) is -0.835. The fraction of sp³-hybridized carbons (Fsp3) is 0.550. The lowest BCUT2D eigenvalue weighted by Crippen LogP contribution is -2.08. The van der Waals surface area contributed by atoms with Gasteiger partial charge < -0.3 is 5.11 Å². The molecule has 0 bridgehead atoms. The molecular weight excluding hydrogens is 304 g/mol. The van der Waals surface area contributed by atoms with Gasteiger partial charge in [0.05, 0.1) is 0 Å². The van der Waals surface area contributed by atoms with Crippen molar-refractivity contribution in [2.45, 2.75) is 70.8 Å². The van der Waals surface area contributed by atoms with Crippen molar-refractivity contribution in [3.8, 4) is 0 Å². The second-order valence-corrected chi connectivity index (χ2v) is 5.65. The van der Waals surface area contributed by atoms with Crippen LogP contribution in [0.5, 0.6) is 0 Å². The van der Waals surface area contributed by atoms with Crippen LogP contribution >= 0.6 is 0 Å². The summed E-state index contributed by atoms with van der Waals surface area (Å²) in [5.41, 5.74) is 0. The van der Waals surface area contributed by atoms with Gasteiger partial charge >= 0.3 is 5.97 Å². The summed E-state index contributed by atoms with van der Waals surface area (Å²) in [4.78, 5) is 14.7. The van der Waals surface area contributed by atoms with Crippen molar-refractivity contribution in [1.29, 1.82) is 0 Å². The van der Waals surface area contributed by atoms with Gasteiger partial charge in [0.1, 0.15) is 6.10 Å². The molecule has 0 heterocycles. The second-order valence-electron chi connectivity index (χ2n) is 5.65. The minimum Gasteiger partial charge on any atom is -0.481 e. The minimum atomic E-state index is -0.835. The molecule has 24 heavy (non-hydrogen) atoms. The van der Waals surface area contributed by atoms with E-state index in [0.29, 0.717) is 12.8 Å². The van der Waals surface area contributed by atoms with Gasteiger partial charge in [-0.05, 0) is 38.5 Å². The molecule has 0 rings (SSSR count). The first-order valence-electron chi connectivity index (χ1n) is 8.86. The van der Waals surface area contributed by atoms with Crippen molar-refractivity contribution >= 4 is 5.97 Å². The number of allylic oxidation sites excluding steroid dienone is 7. The van der Waals surface area contributed by atoms with E-state index in [4.69, 9.17) is 10.4 Å². The average molecular weight is 336 g/mol. The molecule has 0 aliphatic carbocycles. The molecule has 0 unspecified atom stereocenters. The number of unbranched alkanes of at least 4 members (excludes halogenated alkanes) is 3. The molecule has 1 atom stereocenters. The number of rotatable bonds is 15. The smallest absolute Gasteiger partial charge is 0.303 e. The number of hydrogen-bond donors (Lipinski definition) is 2. The fourth-order valence-corrected chi connectivity index (χ4v) is 2.06. The van der Waals surface area contributed by atoms with E-state index in [1.54, 1.807) is 6.08 Å². The van der Waals surface area contributed by atoms with Crippen molar-refractivity contribution in [2.75, 3.05) is 0 Å². The topological polar surface area (TPSA) is 66.8 Å². The number of carboxylic acids is 1. The van der Waals surface area contributed by atoms with Gasteiger partial charge in [0.2, 0.25) is 0 Å². The zero-order valence-corrected chi connectivity index (χ0v) is 14.8. The van der Waals surface area contributed by atoms with Crippen LogP contribution in [0.1, 0.15) is 64.7 Å². The Morgan fingerprint density at radius 1 is 1.00 bits per heavy atom. The van der Waals surface area contributed by atoms with Gasteiger partial charge in [-0.25, -0.2) is 4.89 Å². The fourth-order valence-electron chi connectivity index (χ4n) is 2.06. The van der Waals surface area contributed by atoms with E-state index >= 15 is 0 Å². The third-order valence-electron chi connectivity index (χ3n) is 3.44. The molecule has 0 aromatic rings. The summed E-state index contributed by atoms with van der Waals surface area (Å²) in [7, 11) is 0. The molecule has 0 aliphatic rings. The van der Waals surface area contributed by atoms with Crippen molar-refractivity contribution in [3.05, 3.63) is 48.6 Å². The van der Waals surface area contributed by atoms with E-state index in [1.165, 1.54) is 25.7 Å². The normalized spacial score (nSPS) is 13.8. The van der Waals surface area contributed by atoms with E-state index in [-0.39, 0.29) is 6.42 Å². The van der Waals surface area contributed by atoms with Gasteiger partial charge in [0.25, 0.3) is 0 Å². The number of aliphatic carboxylic acids is 1. The lowest BCUT2D eigenvalue weighted by molar-refractivity contribution is -0.267. The van der Waals surface area contributed by atoms with Gasteiger partial charge in [0.15, 0.2) is 0 Å². The molecule has 0 aromatic carbocycles. The Morgan fingerprint density at radius 3 is 2.38 bits per heavy atom. The summed E-state index contributed by atoms with van der Waals surface area (Å²) >= 11 is 0. The molecule has 0 aliphatic heterocycles. The first-order valence-corrected chi connectivity index (χ1v) is 8.86. The van der Waals surface area contributed by atoms with Crippen LogP contribution in [0.2, 0.25) is 0 Å². The van der Waals surface area contributed by atoms with Crippen LogP contribution < -0.4 is 0 Å². The molecule has 136 valence electrons. The summed E-state index contributed by atoms with van der Waals surface area (Å²) in [6, 6.07) is 0. The van der Waals surface area contributed by atoms with Crippen LogP contribution in [0.4, 0.5) is 0 Å². The minimum absolute atomic E-state index is 0.0847. The predicted octanol–water partition coefficient (Wildman–Crippen LogP) is 5.68. The third-order valence-corrected chi connectivity index (χ3v) is 3.44. The van der Waals surface area contributed by atoms with Crippen LogP contribution in [-0.2, 0) is 9.68 Å². The van der Waals surface area contributed by atoms with E-state index in [1.807, 2.05) is 18.2 Å². The quantitative estimate of drug-likeness (QED) is 0.133. The molecule has 2 N–H and O–H groups in total. The van der Waals surface area contributed by atoms with Gasteiger partial charge in [-0.1, -0.05) is 68.4 Å². The molecule has 4 heteroatoms. The average Bonchev–Trinajstić information content (AvgIpc) is 2.57. The number of carbonyl (C=O) groups is 1. The maximum atomic E-state index is 10.4. The standard InChI is InChI=1S/C20H32O4/c1-2-3-4-5-6-7-8-9-10-11-12-13-14-16-19(24-23)17-15-18-20(21)22/h6-7,9-10,12-14,16,19,23H,2-5,8,11,15,17-18H2,1H3,(H,21,22)/t19-/m1/s1. The summed E-state index contributed by atoms with van der Waals surface area (Å²) in [6.45, 7) is 2.21.